The first kappa shape index (κ1) is 11.9. The molecule has 15 heavy (non-hydrogen) atoms. The molecule has 2 nitrogen and oxygen atoms in total. The topological polar surface area (TPSA) is 34.1 Å². The highest BCUT2D eigenvalue weighted by molar-refractivity contribution is 6.20. The third-order valence-corrected chi connectivity index (χ3v) is 2.52. The average Bonchev–Trinajstić information content (AvgIpc) is 2.06. The van der Waals surface area contributed by atoms with E-state index in [-0.39, 0.29) is 22.9 Å². The summed E-state index contributed by atoms with van der Waals surface area (Å²) < 4.78 is 0. The van der Waals surface area contributed by atoms with Gasteiger partial charge in [0.15, 0.2) is 11.6 Å². The molecule has 0 saturated carbocycles. The molecule has 0 radical (unpaired) electrons. The van der Waals surface area contributed by atoms with Crippen molar-refractivity contribution >= 4 is 11.6 Å². The number of carbonyl (C=O) groups is 2. The summed E-state index contributed by atoms with van der Waals surface area (Å²) >= 11 is 0. The monoisotopic (exact) mass is 206 g/mol. The standard InChI is InChI=1S/C13H18O2/c1-8(2)10-6-9(14)7-11(12(10)15)13(3,4)5/h6-8H,1-5H3. The van der Waals surface area contributed by atoms with Crippen molar-refractivity contribution in [3.8, 4) is 0 Å². The van der Waals surface area contributed by atoms with Crippen LogP contribution in [0.15, 0.2) is 23.3 Å². The summed E-state index contributed by atoms with van der Waals surface area (Å²) in [7, 11) is 0. The lowest BCUT2D eigenvalue weighted by atomic mass is 9.77. The van der Waals surface area contributed by atoms with Crippen LogP contribution in [0.5, 0.6) is 0 Å². The molecule has 0 fully saturated rings. The van der Waals surface area contributed by atoms with Gasteiger partial charge < -0.3 is 0 Å². The summed E-state index contributed by atoms with van der Waals surface area (Å²) in [6.45, 7) is 9.72. The molecule has 0 N–H and O–H groups in total. The molecule has 0 bridgehead atoms. The molecule has 82 valence electrons. The van der Waals surface area contributed by atoms with Crippen LogP contribution in [-0.2, 0) is 9.59 Å². The summed E-state index contributed by atoms with van der Waals surface area (Å²) in [6, 6.07) is 0. The van der Waals surface area contributed by atoms with Gasteiger partial charge in [-0.2, -0.15) is 0 Å². The molecule has 0 heterocycles. The van der Waals surface area contributed by atoms with Crippen LogP contribution in [0.25, 0.3) is 0 Å². The maximum atomic E-state index is 12.1. The van der Waals surface area contributed by atoms with Crippen LogP contribution in [0.2, 0.25) is 0 Å². The third-order valence-electron chi connectivity index (χ3n) is 2.52. The fourth-order valence-corrected chi connectivity index (χ4v) is 1.61. The minimum Gasteiger partial charge on any atom is -0.290 e. The van der Waals surface area contributed by atoms with Crippen molar-refractivity contribution in [3.63, 3.8) is 0 Å². The Balaban J connectivity index is 3.16. The summed E-state index contributed by atoms with van der Waals surface area (Å²) in [5.74, 6) is 0.0628. The quantitative estimate of drug-likeness (QED) is 0.618. The Labute approximate surface area is 91.1 Å². The van der Waals surface area contributed by atoms with E-state index in [0.29, 0.717) is 11.1 Å². The normalized spacial score (nSPS) is 18.0. The zero-order chi connectivity index (χ0) is 11.8. The Kier molecular flexibility index (Phi) is 2.98. The van der Waals surface area contributed by atoms with Crippen LogP contribution in [0.4, 0.5) is 0 Å². The maximum absolute atomic E-state index is 12.1. The predicted octanol–water partition coefficient (Wildman–Crippen LogP) is 2.69. The van der Waals surface area contributed by atoms with Crippen molar-refractivity contribution in [3.05, 3.63) is 23.3 Å². The SMILES string of the molecule is CC(C)C1=CC(=O)C=C(C(C)(C)C)C1=O. The number of ketones is 2. The molecular weight excluding hydrogens is 188 g/mol. The molecule has 0 aromatic rings. The minimum absolute atomic E-state index is 0.0251. The lowest BCUT2D eigenvalue weighted by Crippen LogP contribution is -2.25. The molecule has 0 aromatic carbocycles. The van der Waals surface area contributed by atoms with Gasteiger partial charge in [-0.1, -0.05) is 34.6 Å². The average molecular weight is 206 g/mol. The highest BCUT2D eigenvalue weighted by Gasteiger charge is 2.30. The molecule has 1 aliphatic rings. The number of allylic oxidation sites excluding steroid dienone is 4. The Morgan fingerprint density at radius 1 is 1.07 bits per heavy atom. The zero-order valence-electron chi connectivity index (χ0n) is 10.0. The van der Waals surface area contributed by atoms with E-state index in [1.807, 2.05) is 34.6 Å². The second kappa shape index (κ2) is 3.76. The Morgan fingerprint density at radius 3 is 2.00 bits per heavy atom. The molecule has 1 rings (SSSR count). The third kappa shape index (κ3) is 2.44. The summed E-state index contributed by atoms with van der Waals surface area (Å²) in [4.78, 5) is 23.5. The van der Waals surface area contributed by atoms with Gasteiger partial charge in [-0.25, -0.2) is 0 Å². The number of Topliss-reactive ketones (excluding diaryl/α,β-unsaturated/α-hetero) is 1. The first-order chi connectivity index (χ1) is 6.73. The Hall–Kier alpha value is -1.18. The van der Waals surface area contributed by atoms with Gasteiger partial charge >= 0.3 is 0 Å². The van der Waals surface area contributed by atoms with Crippen molar-refractivity contribution in [1.29, 1.82) is 0 Å². The van der Waals surface area contributed by atoms with E-state index in [2.05, 4.69) is 0 Å². The van der Waals surface area contributed by atoms with E-state index in [1.54, 1.807) is 0 Å². The van der Waals surface area contributed by atoms with Crippen LogP contribution >= 0.6 is 0 Å². The van der Waals surface area contributed by atoms with E-state index in [4.69, 9.17) is 0 Å². The van der Waals surface area contributed by atoms with Crippen molar-refractivity contribution in [1.82, 2.24) is 0 Å². The van der Waals surface area contributed by atoms with Crippen molar-refractivity contribution in [2.75, 3.05) is 0 Å². The van der Waals surface area contributed by atoms with Crippen LogP contribution in [0, 0.1) is 11.3 Å². The second-order valence-corrected chi connectivity index (χ2v) is 5.29. The molecule has 0 atom stereocenters. The van der Waals surface area contributed by atoms with E-state index < -0.39 is 0 Å². The molecule has 0 aliphatic heterocycles. The van der Waals surface area contributed by atoms with Gasteiger partial charge in [0, 0.05) is 11.1 Å². The Bertz CT molecular complexity index is 362. The highest BCUT2D eigenvalue weighted by Crippen LogP contribution is 2.32. The molecule has 0 spiro atoms. The highest BCUT2D eigenvalue weighted by atomic mass is 16.1. The number of hydrogen-bond donors (Lipinski definition) is 0. The van der Waals surface area contributed by atoms with E-state index in [1.165, 1.54) is 12.2 Å². The van der Waals surface area contributed by atoms with Gasteiger partial charge in [-0.3, -0.25) is 9.59 Å². The summed E-state index contributed by atoms with van der Waals surface area (Å²) in [5.41, 5.74) is 0.993. The molecule has 0 saturated heterocycles. The van der Waals surface area contributed by atoms with Crippen molar-refractivity contribution in [2.45, 2.75) is 34.6 Å². The van der Waals surface area contributed by atoms with Crippen LogP contribution in [0.1, 0.15) is 34.6 Å². The molecular formula is C13H18O2. The largest absolute Gasteiger partial charge is 0.290 e. The number of rotatable bonds is 1. The lowest BCUT2D eigenvalue weighted by Gasteiger charge is -2.25. The van der Waals surface area contributed by atoms with E-state index >= 15 is 0 Å². The first-order valence-electron chi connectivity index (χ1n) is 5.26. The molecule has 0 unspecified atom stereocenters. The fraction of sp³-hybridized carbons (Fsp3) is 0.538. The van der Waals surface area contributed by atoms with Crippen molar-refractivity contribution < 1.29 is 9.59 Å². The second-order valence-electron chi connectivity index (χ2n) is 5.29. The van der Waals surface area contributed by atoms with Gasteiger partial charge in [0.05, 0.1) is 0 Å². The fourth-order valence-electron chi connectivity index (χ4n) is 1.61. The van der Waals surface area contributed by atoms with Gasteiger partial charge in [-0.05, 0) is 23.5 Å². The zero-order valence-corrected chi connectivity index (χ0v) is 10.0. The van der Waals surface area contributed by atoms with Gasteiger partial charge in [0.1, 0.15) is 0 Å². The molecule has 1 aliphatic carbocycles. The first-order valence-corrected chi connectivity index (χ1v) is 5.26. The summed E-state index contributed by atoms with van der Waals surface area (Å²) in [6.07, 6.45) is 2.93. The number of carbonyl (C=O) groups excluding carboxylic acids is 2. The molecule has 0 aromatic heterocycles. The number of hydrogen-bond acceptors (Lipinski definition) is 2. The van der Waals surface area contributed by atoms with Crippen molar-refractivity contribution in [2.24, 2.45) is 11.3 Å². The smallest absolute Gasteiger partial charge is 0.186 e. The molecule has 2 heteroatoms. The summed E-state index contributed by atoms with van der Waals surface area (Å²) in [5, 5.41) is 0. The van der Waals surface area contributed by atoms with Gasteiger partial charge in [-0.15, -0.1) is 0 Å². The van der Waals surface area contributed by atoms with Crippen LogP contribution in [0.3, 0.4) is 0 Å². The predicted molar refractivity (Wildman–Crippen MR) is 60.5 cm³/mol. The minimum atomic E-state index is -0.263. The van der Waals surface area contributed by atoms with Gasteiger partial charge in [0.25, 0.3) is 0 Å². The Morgan fingerprint density at radius 2 is 1.60 bits per heavy atom. The van der Waals surface area contributed by atoms with Crippen LogP contribution < -0.4 is 0 Å². The lowest BCUT2D eigenvalue weighted by molar-refractivity contribution is -0.116. The van der Waals surface area contributed by atoms with E-state index in [0.717, 1.165) is 0 Å². The maximum Gasteiger partial charge on any atom is 0.186 e. The molecule has 0 amide bonds. The van der Waals surface area contributed by atoms with Crippen LogP contribution in [-0.4, -0.2) is 11.6 Å². The van der Waals surface area contributed by atoms with Gasteiger partial charge in [0.2, 0.25) is 0 Å². The van der Waals surface area contributed by atoms with E-state index in [9.17, 15) is 9.59 Å².